The lowest BCUT2D eigenvalue weighted by atomic mass is 10.0. The van der Waals surface area contributed by atoms with E-state index in [0.717, 1.165) is 5.56 Å². The Morgan fingerprint density at radius 2 is 1.62 bits per heavy atom. The van der Waals surface area contributed by atoms with Crippen LogP contribution < -0.4 is 5.73 Å². The van der Waals surface area contributed by atoms with Crippen LogP contribution in [0, 0.1) is 0 Å². The van der Waals surface area contributed by atoms with Gasteiger partial charge in [0.25, 0.3) is 0 Å². The van der Waals surface area contributed by atoms with Gasteiger partial charge in [-0.15, -0.1) is 0 Å². The van der Waals surface area contributed by atoms with Crippen molar-refractivity contribution in [2.75, 3.05) is 0 Å². The molecule has 1 aromatic rings. The first-order chi connectivity index (χ1) is 7.49. The topological polar surface area (TPSA) is 102 Å². The average molecular weight is 224 g/mol. The average Bonchev–Trinajstić information content (AvgIpc) is 2.20. The molecule has 0 saturated heterocycles. The molecular formula is C11H14NO4+. The molecule has 0 aliphatic rings. The summed E-state index contributed by atoms with van der Waals surface area (Å²) in [6.45, 7) is 0. The van der Waals surface area contributed by atoms with Gasteiger partial charge >= 0.3 is 11.9 Å². The molecule has 1 unspecified atom stereocenters. The molecule has 0 amide bonds. The number of carbonyl (C=O) groups is 2. The van der Waals surface area contributed by atoms with Crippen molar-refractivity contribution in [2.24, 2.45) is 0 Å². The van der Waals surface area contributed by atoms with Crippen molar-refractivity contribution < 1.29 is 25.5 Å². The van der Waals surface area contributed by atoms with Crippen LogP contribution in [0.2, 0.25) is 0 Å². The van der Waals surface area contributed by atoms with E-state index in [9.17, 15) is 9.59 Å². The third-order valence-corrected chi connectivity index (χ3v) is 2.21. The van der Waals surface area contributed by atoms with E-state index in [-0.39, 0.29) is 6.42 Å². The minimum absolute atomic E-state index is 0.0208. The molecule has 86 valence electrons. The first kappa shape index (κ1) is 12.2. The number of carboxylic acid groups (broad SMARTS) is 2. The summed E-state index contributed by atoms with van der Waals surface area (Å²) >= 11 is 0. The predicted molar refractivity (Wildman–Crippen MR) is 55.8 cm³/mol. The van der Waals surface area contributed by atoms with E-state index in [0.29, 0.717) is 12.0 Å². The molecule has 0 aromatic heterocycles. The predicted octanol–water partition coefficient (Wildman–Crippen LogP) is -0.449. The van der Waals surface area contributed by atoms with Gasteiger partial charge in [0.15, 0.2) is 6.04 Å². The number of hydrogen-bond acceptors (Lipinski definition) is 2. The number of hydrogen-bond donors (Lipinski definition) is 3. The summed E-state index contributed by atoms with van der Waals surface area (Å²) in [6, 6.07) is 6.18. The largest absolute Gasteiger partial charge is 0.481 e. The van der Waals surface area contributed by atoms with Gasteiger partial charge in [-0.3, -0.25) is 4.79 Å². The highest BCUT2D eigenvalue weighted by Crippen LogP contribution is 2.06. The Balaban J connectivity index is 2.64. The standard InChI is InChI=1S/C11H13NO4/c12-9(11(15)16)5-7-1-3-8(4-2-7)6-10(13)14/h1-4,9H,5-6,12H2,(H,13,14)(H,15,16)/p+1. The monoisotopic (exact) mass is 224 g/mol. The van der Waals surface area contributed by atoms with Gasteiger partial charge in [0.1, 0.15) is 0 Å². The van der Waals surface area contributed by atoms with Crippen LogP contribution in [0.25, 0.3) is 0 Å². The summed E-state index contributed by atoms with van der Waals surface area (Å²) in [5, 5.41) is 17.2. The highest BCUT2D eigenvalue weighted by molar-refractivity contribution is 5.72. The molecule has 0 radical (unpaired) electrons. The van der Waals surface area contributed by atoms with Crippen LogP contribution in [0.4, 0.5) is 0 Å². The summed E-state index contributed by atoms with van der Waals surface area (Å²) in [7, 11) is 0. The SMILES string of the molecule is [NH3+]C(Cc1ccc(CC(=O)O)cc1)C(=O)O. The molecule has 0 aliphatic carbocycles. The Bertz CT molecular complexity index is 385. The Morgan fingerprint density at radius 1 is 1.12 bits per heavy atom. The summed E-state index contributed by atoms with van der Waals surface area (Å²) in [5.74, 6) is -1.82. The first-order valence-electron chi connectivity index (χ1n) is 4.84. The summed E-state index contributed by atoms with van der Waals surface area (Å²) in [4.78, 5) is 21.0. The molecule has 0 spiro atoms. The third-order valence-electron chi connectivity index (χ3n) is 2.21. The molecule has 16 heavy (non-hydrogen) atoms. The van der Waals surface area contributed by atoms with Crippen molar-refractivity contribution in [1.82, 2.24) is 0 Å². The minimum Gasteiger partial charge on any atom is -0.481 e. The number of aliphatic carboxylic acids is 2. The van der Waals surface area contributed by atoms with Crippen LogP contribution in [0.15, 0.2) is 24.3 Å². The van der Waals surface area contributed by atoms with Gasteiger partial charge in [0.2, 0.25) is 0 Å². The Hall–Kier alpha value is -1.88. The zero-order valence-electron chi connectivity index (χ0n) is 8.72. The lowest BCUT2D eigenvalue weighted by molar-refractivity contribution is -0.407. The molecule has 0 bridgehead atoms. The van der Waals surface area contributed by atoms with Crippen LogP contribution in [0.5, 0.6) is 0 Å². The smallest absolute Gasteiger partial charge is 0.362 e. The van der Waals surface area contributed by atoms with Gasteiger partial charge in [-0.2, -0.15) is 0 Å². The van der Waals surface area contributed by atoms with Crippen molar-refractivity contribution >= 4 is 11.9 Å². The zero-order chi connectivity index (χ0) is 12.1. The second-order valence-electron chi connectivity index (χ2n) is 3.63. The summed E-state index contributed by atoms with van der Waals surface area (Å²) in [6.07, 6.45) is 0.329. The Kier molecular flexibility index (Phi) is 4.02. The van der Waals surface area contributed by atoms with Crippen molar-refractivity contribution in [3.05, 3.63) is 35.4 Å². The Morgan fingerprint density at radius 3 is 2.06 bits per heavy atom. The van der Waals surface area contributed by atoms with Gasteiger partial charge < -0.3 is 15.9 Å². The molecule has 0 fully saturated rings. The second kappa shape index (κ2) is 5.27. The fourth-order valence-electron chi connectivity index (χ4n) is 1.34. The van der Waals surface area contributed by atoms with Crippen LogP contribution in [-0.2, 0) is 22.4 Å². The van der Waals surface area contributed by atoms with E-state index in [4.69, 9.17) is 10.2 Å². The molecule has 1 atom stereocenters. The molecule has 0 aliphatic heterocycles. The maximum atomic E-state index is 10.6. The van der Waals surface area contributed by atoms with Crippen molar-refractivity contribution in [3.63, 3.8) is 0 Å². The summed E-state index contributed by atoms with van der Waals surface area (Å²) in [5.41, 5.74) is 5.06. The number of carboxylic acids is 2. The third kappa shape index (κ3) is 3.70. The molecule has 0 heterocycles. The molecule has 0 saturated carbocycles. The number of rotatable bonds is 5. The molecule has 5 nitrogen and oxygen atoms in total. The number of quaternary nitrogens is 1. The Labute approximate surface area is 92.5 Å². The molecule has 1 aromatic carbocycles. The maximum absolute atomic E-state index is 10.6. The van der Waals surface area contributed by atoms with E-state index in [2.05, 4.69) is 5.73 Å². The number of benzene rings is 1. The van der Waals surface area contributed by atoms with Crippen LogP contribution in [-0.4, -0.2) is 28.2 Å². The lowest BCUT2D eigenvalue weighted by Gasteiger charge is -2.04. The van der Waals surface area contributed by atoms with E-state index in [1.807, 2.05) is 0 Å². The molecule has 5 heteroatoms. The normalized spacial score (nSPS) is 12.1. The van der Waals surface area contributed by atoms with Gasteiger partial charge in [-0.1, -0.05) is 24.3 Å². The van der Waals surface area contributed by atoms with Crippen molar-refractivity contribution in [2.45, 2.75) is 18.9 Å². The van der Waals surface area contributed by atoms with Gasteiger partial charge in [0, 0.05) is 6.42 Å². The molecular weight excluding hydrogens is 210 g/mol. The summed E-state index contributed by atoms with van der Waals surface area (Å²) < 4.78 is 0. The lowest BCUT2D eigenvalue weighted by Crippen LogP contribution is -2.65. The second-order valence-corrected chi connectivity index (χ2v) is 3.63. The molecule has 1 rings (SSSR count). The minimum atomic E-state index is -0.936. The zero-order valence-corrected chi connectivity index (χ0v) is 8.72. The van der Waals surface area contributed by atoms with E-state index in [1.54, 1.807) is 24.3 Å². The fraction of sp³-hybridized carbons (Fsp3) is 0.273. The van der Waals surface area contributed by atoms with Gasteiger partial charge in [0.05, 0.1) is 6.42 Å². The van der Waals surface area contributed by atoms with Crippen LogP contribution >= 0.6 is 0 Å². The van der Waals surface area contributed by atoms with Crippen LogP contribution in [0.1, 0.15) is 11.1 Å². The quantitative estimate of drug-likeness (QED) is 0.630. The van der Waals surface area contributed by atoms with Gasteiger partial charge in [-0.05, 0) is 11.1 Å². The fourth-order valence-corrected chi connectivity index (χ4v) is 1.34. The molecule has 5 N–H and O–H groups in total. The van der Waals surface area contributed by atoms with Crippen LogP contribution in [0.3, 0.4) is 0 Å². The van der Waals surface area contributed by atoms with E-state index < -0.39 is 18.0 Å². The maximum Gasteiger partial charge on any atom is 0.362 e. The first-order valence-corrected chi connectivity index (χ1v) is 4.84. The van der Waals surface area contributed by atoms with Crippen molar-refractivity contribution in [3.8, 4) is 0 Å². The highest BCUT2D eigenvalue weighted by Gasteiger charge is 2.15. The van der Waals surface area contributed by atoms with Crippen molar-refractivity contribution in [1.29, 1.82) is 0 Å². The van der Waals surface area contributed by atoms with E-state index >= 15 is 0 Å². The highest BCUT2D eigenvalue weighted by atomic mass is 16.4. The van der Waals surface area contributed by atoms with E-state index in [1.165, 1.54) is 0 Å². The van der Waals surface area contributed by atoms with Gasteiger partial charge in [-0.25, -0.2) is 4.79 Å².